The average Bonchev–Trinajstić information content (AvgIpc) is 2.37. The molecule has 0 saturated carbocycles. The van der Waals surface area contributed by atoms with E-state index in [9.17, 15) is 9.50 Å². The van der Waals surface area contributed by atoms with Gasteiger partial charge in [-0.15, -0.1) is 0 Å². The van der Waals surface area contributed by atoms with E-state index in [2.05, 4.69) is 11.9 Å². The number of benzene rings is 2. The van der Waals surface area contributed by atoms with Crippen molar-refractivity contribution in [3.8, 4) is 5.75 Å². The Morgan fingerprint density at radius 1 is 1.26 bits per heavy atom. The number of aromatic hydroxyl groups is 1. The Morgan fingerprint density at radius 3 is 2.63 bits per heavy atom. The highest BCUT2D eigenvalue weighted by atomic mass is 35.5. The number of phenolic OH excluding ortho intramolecular Hbond substituents is 1. The molecule has 0 atom stereocenters. The SMILES string of the molecule is C=C(Nc1ccc(C)c(O)c1)c1ccc(F)c(Cl)c1. The van der Waals surface area contributed by atoms with E-state index >= 15 is 0 Å². The van der Waals surface area contributed by atoms with Crippen LogP contribution in [0.25, 0.3) is 5.70 Å². The predicted molar refractivity (Wildman–Crippen MR) is 76.9 cm³/mol. The van der Waals surface area contributed by atoms with Crippen molar-refractivity contribution in [2.75, 3.05) is 5.32 Å². The third-order valence-electron chi connectivity index (χ3n) is 2.77. The summed E-state index contributed by atoms with van der Waals surface area (Å²) in [6.07, 6.45) is 0. The van der Waals surface area contributed by atoms with Crippen LogP contribution < -0.4 is 5.32 Å². The molecule has 2 aromatic rings. The van der Waals surface area contributed by atoms with Crippen molar-refractivity contribution in [3.63, 3.8) is 0 Å². The summed E-state index contributed by atoms with van der Waals surface area (Å²) in [4.78, 5) is 0. The number of halogens is 2. The fourth-order valence-electron chi connectivity index (χ4n) is 1.62. The predicted octanol–water partition coefficient (Wildman–Crippen LogP) is 4.58. The van der Waals surface area contributed by atoms with Crippen LogP contribution in [0.2, 0.25) is 5.02 Å². The van der Waals surface area contributed by atoms with Gasteiger partial charge in [0.05, 0.1) is 5.02 Å². The fourth-order valence-corrected chi connectivity index (χ4v) is 1.80. The summed E-state index contributed by atoms with van der Waals surface area (Å²) < 4.78 is 13.1. The highest BCUT2D eigenvalue weighted by Gasteiger charge is 2.05. The highest BCUT2D eigenvalue weighted by Crippen LogP contribution is 2.25. The number of phenols is 1. The molecular formula is C15H13ClFNO. The maximum Gasteiger partial charge on any atom is 0.141 e. The molecule has 0 aliphatic carbocycles. The first-order valence-electron chi connectivity index (χ1n) is 5.68. The lowest BCUT2D eigenvalue weighted by molar-refractivity contribution is 0.471. The lowest BCUT2D eigenvalue weighted by Crippen LogP contribution is -1.98. The Balaban J connectivity index is 2.20. The third-order valence-corrected chi connectivity index (χ3v) is 3.06. The molecule has 4 heteroatoms. The first-order valence-corrected chi connectivity index (χ1v) is 6.06. The molecule has 0 heterocycles. The minimum atomic E-state index is -0.466. The van der Waals surface area contributed by atoms with Gasteiger partial charge in [-0.05, 0) is 42.3 Å². The molecular weight excluding hydrogens is 265 g/mol. The van der Waals surface area contributed by atoms with Gasteiger partial charge in [-0.2, -0.15) is 0 Å². The summed E-state index contributed by atoms with van der Waals surface area (Å²) >= 11 is 5.72. The minimum absolute atomic E-state index is 0.0483. The van der Waals surface area contributed by atoms with Crippen LogP contribution in [0.15, 0.2) is 43.0 Å². The maximum atomic E-state index is 13.1. The topological polar surface area (TPSA) is 32.3 Å². The second-order valence-corrected chi connectivity index (χ2v) is 4.64. The van der Waals surface area contributed by atoms with Crippen molar-refractivity contribution in [1.82, 2.24) is 0 Å². The van der Waals surface area contributed by atoms with Gasteiger partial charge in [0, 0.05) is 17.5 Å². The second kappa shape index (κ2) is 5.33. The Labute approximate surface area is 116 Å². The molecule has 2 N–H and O–H groups in total. The number of hydrogen-bond acceptors (Lipinski definition) is 2. The molecule has 2 rings (SSSR count). The van der Waals surface area contributed by atoms with E-state index in [0.717, 1.165) is 5.56 Å². The van der Waals surface area contributed by atoms with Gasteiger partial charge in [0.2, 0.25) is 0 Å². The van der Waals surface area contributed by atoms with Crippen molar-refractivity contribution < 1.29 is 9.50 Å². The Hall–Kier alpha value is -2.00. The van der Waals surface area contributed by atoms with Crippen LogP contribution in [0, 0.1) is 12.7 Å². The van der Waals surface area contributed by atoms with E-state index in [1.807, 2.05) is 13.0 Å². The highest BCUT2D eigenvalue weighted by molar-refractivity contribution is 6.30. The van der Waals surface area contributed by atoms with Gasteiger partial charge in [0.1, 0.15) is 11.6 Å². The van der Waals surface area contributed by atoms with E-state index < -0.39 is 5.82 Å². The Morgan fingerprint density at radius 2 is 2.00 bits per heavy atom. The van der Waals surface area contributed by atoms with E-state index in [1.54, 1.807) is 18.2 Å². The Bertz CT molecular complexity index is 640. The van der Waals surface area contributed by atoms with Crippen LogP contribution in [0.5, 0.6) is 5.75 Å². The van der Waals surface area contributed by atoms with E-state index in [4.69, 9.17) is 11.6 Å². The van der Waals surface area contributed by atoms with Gasteiger partial charge in [-0.3, -0.25) is 0 Å². The molecule has 0 aliphatic rings. The molecule has 0 aliphatic heterocycles. The molecule has 0 bridgehead atoms. The standard InChI is InChI=1S/C15H13ClFNO/c1-9-3-5-12(8-15(9)19)18-10(2)11-4-6-14(17)13(16)7-11/h3-8,18-19H,2H2,1H3. The van der Waals surface area contributed by atoms with E-state index in [-0.39, 0.29) is 10.8 Å². The summed E-state index contributed by atoms with van der Waals surface area (Å²) in [5.41, 5.74) is 2.76. The van der Waals surface area contributed by atoms with Gasteiger partial charge in [0.15, 0.2) is 0 Å². The largest absolute Gasteiger partial charge is 0.508 e. The number of nitrogens with one attached hydrogen (secondary N) is 1. The molecule has 19 heavy (non-hydrogen) atoms. The van der Waals surface area contributed by atoms with Crippen LogP contribution in [0.4, 0.5) is 10.1 Å². The average molecular weight is 278 g/mol. The molecule has 0 aromatic heterocycles. The lowest BCUT2D eigenvalue weighted by Gasteiger charge is -2.11. The first-order chi connectivity index (χ1) is 8.97. The molecule has 2 nitrogen and oxygen atoms in total. The number of aryl methyl sites for hydroxylation is 1. The molecule has 0 unspecified atom stereocenters. The van der Waals surface area contributed by atoms with Gasteiger partial charge in [0.25, 0.3) is 0 Å². The molecule has 0 amide bonds. The molecule has 0 spiro atoms. The normalized spacial score (nSPS) is 10.3. The molecule has 98 valence electrons. The molecule has 0 radical (unpaired) electrons. The van der Waals surface area contributed by atoms with Gasteiger partial charge >= 0.3 is 0 Å². The van der Waals surface area contributed by atoms with Crippen molar-refractivity contribution in [2.45, 2.75) is 6.92 Å². The maximum absolute atomic E-state index is 13.1. The van der Waals surface area contributed by atoms with Crippen LogP contribution >= 0.6 is 11.6 Å². The van der Waals surface area contributed by atoms with Crippen LogP contribution in [-0.4, -0.2) is 5.11 Å². The van der Waals surface area contributed by atoms with Gasteiger partial charge < -0.3 is 10.4 Å². The minimum Gasteiger partial charge on any atom is -0.508 e. The number of hydrogen-bond donors (Lipinski definition) is 2. The second-order valence-electron chi connectivity index (χ2n) is 4.23. The molecule has 2 aromatic carbocycles. The van der Waals surface area contributed by atoms with E-state index in [0.29, 0.717) is 16.9 Å². The zero-order valence-electron chi connectivity index (χ0n) is 10.4. The quantitative estimate of drug-likeness (QED) is 0.861. The van der Waals surface area contributed by atoms with Crippen LogP contribution in [-0.2, 0) is 0 Å². The zero-order valence-corrected chi connectivity index (χ0v) is 11.1. The number of anilines is 1. The summed E-state index contributed by atoms with van der Waals surface area (Å²) in [7, 11) is 0. The summed E-state index contributed by atoms with van der Waals surface area (Å²) in [5.74, 6) is -0.263. The monoisotopic (exact) mass is 277 g/mol. The lowest BCUT2D eigenvalue weighted by atomic mass is 10.1. The third kappa shape index (κ3) is 3.06. The summed E-state index contributed by atoms with van der Waals surface area (Å²) in [6.45, 7) is 5.68. The van der Waals surface area contributed by atoms with Crippen LogP contribution in [0.1, 0.15) is 11.1 Å². The van der Waals surface area contributed by atoms with Gasteiger partial charge in [-0.25, -0.2) is 4.39 Å². The van der Waals surface area contributed by atoms with E-state index in [1.165, 1.54) is 12.1 Å². The molecule has 0 saturated heterocycles. The van der Waals surface area contributed by atoms with Crippen LogP contribution in [0.3, 0.4) is 0 Å². The molecule has 0 fully saturated rings. The number of rotatable bonds is 3. The zero-order chi connectivity index (χ0) is 14.0. The van der Waals surface area contributed by atoms with Crippen molar-refractivity contribution in [2.24, 2.45) is 0 Å². The first kappa shape index (κ1) is 13.4. The smallest absolute Gasteiger partial charge is 0.141 e. The van der Waals surface area contributed by atoms with Gasteiger partial charge in [-0.1, -0.05) is 24.2 Å². The summed E-state index contributed by atoms with van der Waals surface area (Å²) in [5, 5.41) is 12.7. The summed E-state index contributed by atoms with van der Waals surface area (Å²) in [6, 6.07) is 9.60. The van der Waals surface area contributed by atoms with Crippen molar-refractivity contribution >= 4 is 23.0 Å². The fraction of sp³-hybridized carbons (Fsp3) is 0.0667. The van der Waals surface area contributed by atoms with Crippen molar-refractivity contribution in [3.05, 3.63) is 64.9 Å². The van der Waals surface area contributed by atoms with Crippen molar-refractivity contribution in [1.29, 1.82) is 0 Å². The Kier molecular flexibility index (Phi) is 3.76.